The number of nitrogens with two attached hydrogens (primary N) is 1. The summed E-state index contributed by atoms with van der Waals surface area (Å²) in [5, 5.41) is 1.84. The van der Waals surface area contributed by atoms with Crippen LogP contribution < -0.4 is 10.6 Å². The van der Waals surface area contributed by atoms with Gasteiger partial charge >= 0.3 is 0 Å². The molecule has 0 aliphatic carbocycles. The summed E-state index contributed by atoms with van der Waals surface area (Å²) >= 11 is 4.71. The molecule has 0 radical (unpaired) electrons. The van der Waals surface area contributed by atoms with Crippen LogP contribution in [-0.2, 0) is 0 Å². The molecule has 0 atom stereocenters. The standard InChI is InChI=1S/C13H14BrN5OS/c14-9-7-16-13(17-8-9)19-4-2-18(3-5-19)12(20)11-10(15)1-6-21-11/h1,6-8H,2-5,15H2. The van der Waals surface area contributed by atoms with Crippen molar-refractivity contribution in [3.05, 3.63) is 33.2 Å². The third kappa shape index (κ3) is 3.01. The molecule has 0 spiro atoms. The van der Waals surface area contributed by atoms with E-state index in [9.17, 15) is 4.79 Å². The average Bonchev–Trinajstić information content (AvgIpc) is 2.94. The largest absolute Gasteiger partial charge is 0.397 e. The number of thiophene rings is 1. The lowest BCUT2D eigenvalue weighted by Gasteiger charge is -2.34. The summed E-state index contributed by atoms with van der Waals surface area (Å²) in [4.78, 5) is 25.5. The molecule has 2 aromatic rings. The van der Waals surface area contributed by atoms with Crippen molar-refractivity contribution in [1.29, 1.82) is 0 Å². The fourth-order valence-electron chi connectivity index (χ4n) is 2.21. The summed E-state index contributed by atoms with van der Waals surface area (Å²) in [5.41, 5.74) is 6.37. The van der Waals surface area contributed by atoms with Gasteiger partial charge in [-0.15, -0.1) is 11.3 Å². The minimum atomic E-state index is 0.0128. The third-order valence-electron chi connectivity index (χ3n) is 3.35. The first kappa shape index (κ1) is 14.3. The van der Waals surface area contributed by atoms with Crippen molar-refractivity contribution in [3.8, 4) is 0 Å². The maximum absolute atomic E-state index is 12.4. The molecule has 0 unspecified atom stereocenters. The monoisotopic (exact) mass is 367 g/mol. The van der Waals surface area contributed by atoms with Gasteiger partial charge in [0.2, 0.25) is 5.95 Å². The van der Waals surface area contributed by atoms with Gasteiger partial charge in [0.25, 0.3) is 5.91 Å². The number of carbonyl (C=O) groups is 1. The van der Waals surface area contributed by atoms with Gasteiger partial charge in [-0.05, 0) is 27.4 Å². The molecular formula is C13H14BrN5OS. The molecule has 110 valence electrons. The molecule has 21 heavy (non-hydrogen) atoms. The highest BCUT2D eigenvalue weighted by Crippen LogP contribution is 2.22. The van der Waals surface area contributed by atoms with E-state index in [2.05, 4.69) is 30.8 Å². The van der Waals surface area contributed by atoms with Crippen LogP contribution in [0.1, 0.15) is 9.67 Å². The van der Waals surface area contributed by atoms with Crippen LogP contribution in [0.25, 0.3) is 0 Å². The molecule has 1 aliphatic heterocycles. The Balaban J connectivity index is 1.64. The first-order valence-electron chi connectivity index (χ1n) is 6.50. The first-order valence-corrected chi connectivity index (χ1v) is 8.17. The smallest absolute Gasteiger partial charge is 0.266 e. The van der Waals surface area contributed by atoms with Crippen molar-refractivity contribution in [2.45, 2.75) is 0 Å². The van der Waals surface area contributed by atoms with Gasteiger partial charge in [0.15, 0.2) is 0 Å². The second-order valence-corrected chi connectivity index (χ2v) is 6.52. The van der Waals surface area contributed by atoms with Gasteiger partial charge in [-0.3, -0.25) is 4.79 Å². The molecule has 0 bridgehead atoms. The summed E-state index contributed by atoms with van der Waals surface area (Å²) in [5.74, 6) is 0.708. The van der Waals surface area contributed by atoms with E-state index in [0.717, 1.165) is 17.6 Å². The van der Waals surface area contributed by atoms with Crippen molar-refractivity contribution in [2.24, 2.45) is 0 Å². The number of amides is 1. The van der Waals surface area contributed by atoms with Crippen molar-refractivity contribution in [3.63, 3.8) is 0 Å². The van der Waals surface area contributed by atoms with Gasteiger partial charge in [0.05, 0.1) is 10.2 Å². The molecular weight excluding hydrogens is 354 g/mol. The number of hydrogen-bond donors (Lipinski definition) is 1. The molecule has 2 aromatic heterocycles. The Hall–Kier alpha value is -1.67. The Morgan fingerprint density at radius 1 is 1.24 bits per heavy atom. The molecule has 6 nitrogen and oxygen atoms in total. The van der Waals surface area contributed by atoms with E-state index in [1.165, 1.54) is 11.3 Å². The van der Waals surface area contributed by atoms with Gasteiger partial charge in [-0.2, -0.15) is 0 Å². The first-order chi connectivity index (χ1) is 10.1. The number of anilines is 2. The number of nitrogen functional groups attached to an aromatic ring is 1. The minimum absolute atomic E-state index is 0.0128. The van der Waals surface area contributed by atoms with E-state index >= 15 is 0 Å². The fraction of sp³-hybridized carbons (Fsp3) is 0.308. The van der Waals surface area contributed by atoms with Crippen LogP contribution in [0.5, 0.6) is 0 Å². The van der Waals surface area contributed by atoms with Crippen molar-refractivity contribution in [1.82, 2.24) is 14.9 Å². The lowest BCUT2D eigenvalue weighted by Crippen LogP contribution is -2.49. The van der Waals surface area contributed by atoms with E-state index in [1.54, 1.807) is 18.5 Å². The summed E-state index contributed by atoms with van der Waals surface area (Å²) in [7, 11) is 0. The number of halogens is 1. The molecule has 3 rings (SSSR count). The van der Waals surface area contributed by atoms with E-state index in [1.807, 2.05) is 10.3 Å². The lowest BCUT2D eigenvalue weighted by atomic mass is 10.3. The van der Waals surface area contributed by atoms with Gasteiger partial charge < -0.3 is 15.5 Å². The quantitative estimate of drug-likeness (QED) is 0.876. The van der Waals surface area contributed by atoms with Crippen LogP contribution in [0.15, 0.2) is 28.3 Å². The molecule has 1 saturated heterocycles. The van der Waals surface area contributed by atoms with E-state index in [4.69, 9.17) is 5.73 Å². The molecule has 1 aliphatic rings. The Bertz CT molecular complexity index is 636. The second kappa shape index (κ2) is 5.98. The van der Waals surface area contributed by atoms with Gasteiger partial charge in [-0.1, -0.05) is 0 Å². The summed E-state index contributed by atoms with van der Waals surface area (Å²) in [6.45, 7) is 2.74. The van der Waals surface area contributed by atoms with E-state index in [0.29, 0.717) is 29.6 Å². The molecule has 0 saturated carbocycles. The zero-order valence-corrected chi connectivity index (χ0v) is 13.6. The van der Waals surface area contributed by atoms with E-state index in [-0.39, 0.29) is 5.91 Å². The van der Waals surface area contributed by atoms with Crippen molar-refractivity contribution >= 4 is 44.8 Å². The molecule has 1 amide bonds. The topological polar surface area (TPSA) is 75.4 Å². The van der Waals surface area contributed by atoms with E-state index < -0.39 is 0 Å². The fourth-order valence-corrected chi connectivity index (χ4v) is 3.20. The Labute approximate surface area is 134 Å². The predicted molar refractivity (Wildman–Crippen MR) is 86.6 cm³/mol. The number of rotatable bonds is 2. The Morgan fingerprint density at radius 2 is 1.90 bits per heavy atom. The summed E-state index contributed by atoms with van der Waals surface area (Å²) in [6, 6.07) is 1.77. The van der Waals surface area contributed by atoms with Crippen LogP contribution in [0.3, 0.4) is 0 Å². The van der Waals surface area contributed by atoms with Crippen LogP contribution in [-0.4, -0.2) is 47.0 Å². The zero-order valence-electron chi connectivity index (χ0n) is 11.2. The van der Waals surface area contributed by atoms with Crippen LogP contribution >= 0.6 is 27.3 Å². The Morgan fingerprint density at radius 3 is 2.48 bits per heavy atom. The van der Waals surface area contributed by atoms with Gasteiger partial charge in [-0.25, -0.2) is 9.97 Å². The minimum Gasteiger partial charge on any atom is -0.397 e. The SMILES string of the molecule is Nc1ccsc1C(=O)N1CCN(c2ncc(Br)cn2)CC1. The lowest BCUT2D eigenvalue weighted by molar-refractivity contribution is 0.0752. The number of carbonyl (C=O) groups excluding carboxylic acids is 1. The molecule has 8 heteroatoms. The summed E-state index contributed by atoms with van der Waals surface area (Å²) in [6.07, 6.45) is 3.46. The molecule has 2 N–H and O–H groups in total. The predicted octanol–water partition coefficient (Wildman–Crippen LogP) is 1.85. The number of nitrogens with zero attached hydrogens (tertiary/aromatic N) is 4. The van der Waals surface area contributed by atoms with Gasteiger partial charge in [0, 0.05) is 38.6 Å². The highest BCUT2D eigenvalue weighted by Gasteiger charge is 2.25. The van der Waals surface area contributed by atoms with Crippen LogP contribution in [0, 0.1) is 0 Å². The number of piperazine rings is 1. The normalized spacial score (nSPS) is 15.3. The van der Waals surface area contributed by atoms with Crippen molar-refractivity contribution < 1.29 is 4.79 Å². The van der Waals surface area contributed by atoms with Crippen molar-refractivity contribution in [2.75, 3.05) is 36.8 Å². The highest BCUT2D eigenvalue weighted by molar-refractivity contribution is 9.10. The second-order valence-electron chi connectivity index (χ2n) is 4.69. The maximum atomic E-state index is 12.4. The molecule has 3 heterocycles. The van der Waals surface area contributed by atoms with Gasteiger partial charge in [0.1, 0.15) is 4.88 Å². The Kier molecular flexibility index (Phi) is 4.07. The number of aromatic nitrogens is 2. The van der Waals surface area contributed by atoms with Crippen LogP contribution in [0.4, 0.5) is 11.6 Å². The molecule has 0 aromatic carbocycles. The summed E-state index contributed by atoms with van der Waals surface area (Å²) < 4.78 is 0.855. The highest BCUT2D eigenvalue weighted by atomic mass is 79.9. The maximum Gasteiger partial charge on any atom is 0.266 e. The molecule has 1 fully saturated rings. The average molecular weight is 368 g/mol. The van der Waals surface area contributed by atoms with Crippen LogP contribution in [0.2, 0.25) is 0 Å². The zero-order chi connectivity index (χ0) is 14.8. The third-order valence-corrected chi connectivity index (χ3v) is 4.67. The number of hydrogen-bond acceptors (Lipinski definition) is 6.